The Labute approximate surface area is 132 Å². The van der Waals surface area contributed by atoms with Crippen LogP contribution in [0.25, 0.3) is 0 Å². The molecular weight excluding hydrogens is 304 g/mol. The van der Waals surface area contributed by atoms with E-state index in [9.17, 15) is 13.0 Å². The summed E-state index contributed by atoms with van der Waals surface area (Å²) in [6, 6.07) is 4.94. The maximum Gasteiger partial charge on any atom is 0.294 e. The largest absolute Gasteiger partial charge is 0.353 e. The van der Waals surface area contributed by atoms with E-state index in [1.807, 2.05) is 13.8 Å². The van der Waals surface area contributed by atoms with Crippen LogP contribution < -0.4 is 0 Å². The summed E-state index contributed by atoms with van der Waals surface area (Å²) >= 11 is 0. The molecule has 1 aromatic carbocycles. The van der Waals surface area contributed by atoms with Crippen molar-refractivity contribution in [3.63, 3.8) is 0 Å². The highest BCUT2D eigenvalue weighted by Gasteiger charge is 2.19. The maximum absolute atomic E-state index is 11.4. The van der Waals surface area contributed by atoms with E-state index in [-0.39, 0.29) is 17.3 Å². The lowest BCUT2D eigenvalue weighted by Gasteiger charge is -2.26. The molecule has 0 spiro atoms. The fourth-order valence-electron chi connectivity index (χ4n) is 2.66. The molecule has 1 aliphatic heterocycles. The molecule has 1 fully saturated rings. The first-order chi connectivity index (χ1) is 10.4. The highest BCUT2D eigenvalue weighted by atomic mass is 32.2. The molecule has 6 heteroatoms. The Bertz CT molecular complexity index is 591. The van der Waals surface area contributed by atoms with Crippen LogP contribution in [0.1, 0.15) is 43.7 Å². The Morgan fingerprint density at radius 1 is 1.41 bits per heavy atom. The van der Waals surface area contributed by atoms with Crippen LogP contribution in [-0.2, 0) is 26.0 Å². The summed E-state index contributed by atoms with van der Waals surface area (Å²) in [5.74, 6) is 0. The first kappa shape index (κ1) is 17.4. The van der Waals surface area contributed by atoms with Gasteiger partial charge < -0.3 is 9.47 Å². The molecule has 22 heavy (non-hydrogen) atoms. The number of hydrogen-bond donors (Lipinski definition) is 1. The summed E-state index contributed by atoms with van der Waals surface area (Å²) in [5.41, 5.74) is 1.59. The first-order valence-corrected chi connectivity index (χ1v) is 9.14. The van der Waals surface area contributed by atoms with E-state index in [0.717, 1.165) is 31.4 Å². The minimum atomic E-state index is -4.19. The van der Waals surface area contributed by atoms with Gasteiger partial charge in [-0.1, -0.05) is 17.7 Å². The van der Waals surface area contributed by atoms with E-state index in [1.54, 1.807) is 12.1 Å². The molecule has 2 atom stereocenters. The van der Waals surface area contributed by atoms with Crippen LogP contribution in [0.5, 0.6) is 0 Å². The summed E-state index contributed by atoms with van der Waals surface area (Å²) in [4.78, 5) is -0.0146. The lowest BCUT2D eigenvalue weighted by atomic mass is 10.0. The fourth-order valence-corrected chi connectivity index (χ4v) is 3.39. The van der Waals surface area contributed by atoms with Crippen molar-refractivity contribution in [1.29, 1.82) is 0 Å². The molecule has 1 saturated heterocycles. The van der Waals surface area contributed by atoms with Crippen molar-refractivity contribution in [3.8, 4) is 0 Å². The zero-order chi connectivity index (χ0) is 16.2. The van der Waals surface area contributed by atoms with E-state index >= 15 is 0 Å². The summed E-state index contributed by atoms with van der Waals surface area (Å²) in [6.45, 7) is 4.59. The van der Waals surface area contributed by atoms with Gasteiger partial charge in [-0.05, 0) is 57.6 Å². The number of aryl methyl sites for hydroxylation is 2. The average molecular weight is 328 g/mol. The number of benzene rings is 1. The van der Waals surface area contributed by atoms with E-state index in [0.29, 0.717) is 18.4 Å². The topological polar surface area (TPSA) is 72.8 Å². The molecule has 124 valence electrons. The second kappa shape index (κ2) is 7.55. The van der Waals surface area contributed by atoms with Gasteiger partial charge in [0, 0.05) is 6.61 Å². The van der Waals surface area contributed by atoms with Crippen LogP contribution in [0.15, 0.2) is 23.1 Å². The lowest BCUT2D eigenvalue weighted by Crippen LogP contribution is -2.26. The monoisotopic (exact) mass is 328 g/mol. The van der Waals surface area contributed by atoms with Crippen LogP contribution >= 0.6 is 0 Å². The van der Waals surface area contributed by atoms with E-state index < -0.39 is 10.1 Å². The third-order valence-corrected chi connectivity index (χ3v) is 4.79. The molecule has 2 rings (SSSR count). The van der Waals surface area contributed by atoms with Crippen molar-refractivity contribution in [2.24, 2.45) is 0 Å². The van der Waals surface area contributed by atoms with E-state index in [4.69, 9.17) is 9.47 Å². The van der Waals surface area contributed by atoms with Gasteiger partial charge in [-0.2, -0.15) is 8.42 Å². The highest BCUT2D eigenvalue weighted by molar-refractivity contribution is 7.85. The Morgan fingerprint density at radius 2 is 2.18 bits per heavy atom. The van der Waals surface area contributed by atoms with Gasteiger partial charge in [0.05, 0.1) is 11.0 Å². The Balaban J connectivity index is 1.97. The van der Waals surface area contributed by atoms with Gasteiger partial charge in [0.15, 0.2) is 6.29 Å². The Hall–Kier alpha value is -0.950. The highest BCUT2D eigenvalue weighted by Crippen LogP contribution is 2.21. The van der Waals surface area contributed by atoms with Gasteiger partial charge in [0.25, 0.3) is 10.1 Å². The average Bonchev–Trinajstić information content (AvgIpc) is 2.45. The second-order valence-corrected chi connectivity index (χ2v) is 7.26. The summed E-state index contributed by atoms with van der Waals surface area (Å²) in [6.07, 6.45) is 4.12. The van der Waals surface area contributed by atoms with E-state index in [2.05, 4.69) is 0 Å². The molecular formula is C16H24O5S. The predicted molar refractivity (Wildman–Crippen MR) is 83.5 cm³/mol. The summed E-state index contributed by atoms with van der Waals surface area (Å²) < 4.78 is 43.5. The molecule has 0 aromatic heterocycles. The minimum absolute atomic E-state index is 0.0146. The van der Waals surface area contributed by atoms with Gasteiger partial charge in [0.1, 0.15) is 0 Å². The molecule has 1 aliphatic rings. The molecule has 0 saturated carbocycles. The Kier molecular flexibility index (Phi) is 5.97. The SMILES string of the molecule is Cc1ccc(S(=O)(=O)O)c(CC[C@H](C)OC2CCCCO2)c1. The van der Waals surface area contributed by atoms with Crippen molar-refractivity contribution in [2.75, 3.05) is 6.61 Å². The first-order valence-electron chi connectivity index (χ1n) is 7.70. The van der Waals surface area contributed by atoms with Crippen molar-refractivity contribution >= 4 is 10.1 Å². The normalized spacial score (nSPS) is 20.8. The molecule has 1 unspecified atom stereocenters. The van der Waals surface area contributed by atoms with Gasteiger partial charge in [-0.25, -0.2) is 0 Å². The third kappa shape index (κ3) is 5.05. The van der Waals surface area contributed by atoms with Crippen molar-refractivity contribution in [1.82, 2.24) is 0 Å². The molecule has 0 aliphatic carbocycles. The molecule has 5 nitrogen and oxygen atoms in total. The minimum Gasteiger partial charge on any atom is -0.353 e. The van der Waals surface area contributed by atoms with Crippen LogP contribution in [0.4, 0.5) is 0 Å². The van der Waals surface area contributed by atoms with Crippen LogP contribution in [0.2, 0.25) is 0 Å². The van der Waals surface area contributed by atoms with Crippen LogP contribution in [0.3, 0.4) is 0 Å². The van der Waals surface area contributed by atoms with E-state index in [1.165, 1.54) is 6.07 Å². The van der Waals surface area contributed by atoms with Gasteiger partial charge in [-0.15, -0.1) is 0 Å². The maximum atomic E-state index is 11.4. The molecule has 1 N–H and O–H groups in total. The van der Waals surface area contributed by atoms with Crippen molar-refractivity contribution < 1.29 is 22.4 Å². The molecule has 0 radical (unpaired) electrons. The molecule has 1 aromatic rings. The van der Waals surface area contributed by atoms with Gasteiger partial charge >= 0.3 is 0 Å². The lowest BCUT2D eigenvalue weighted by molar-refractivity contribution is -0.185. The standard InChI is InChI=1S/C16H24O5S/c1-12-6-9-15(22(17,18)19)14(11-12)8-7-13(2)21-16-5-3-4-10-20-16/h6,9,11,13,16H,3-5,7-8,10H2,1-2H3,(H,17,18,19)/t13-,16?/m0/s1. The molecule has 0 amide bonds. The van der Waals surface area contributed by atoms with Crippen LogP contribution in [0, 0.1) is 6.92 Å². The number of rotatable bonds is 6. The smallest absolute Gasteiger partial charge is 0.294 e. The van der Waals surface area contributed by atoms with Gasteiger partial charge in [-0.3, -0.25) is 4.55 Å². The predicted octanol–water partition coefficient (Wildman–Crippen LogP) is 3.11. The van der Waals surface area contributed by atoms with Crippen molar-refractivity contribution in [2.45, 2.75) is 63.2 Å². The Morgan fingerprint density at radius 3 is 2.82 bits per heavy atom. The number of ether oxygens (including phenoxy) is 2. The van der Waals surface area contributed by atoms with Gasteiger partial charge in [0.2, 0.25) is 0 Å². The molecule has 1 heterocycles. The fraction of sp³-hybridized carbons (Fsp3) is 0.625. The van der Waals surface area contributed by atoms with Crippen LogP contribution in [-0.4, -0.2) is 32.0 Å². The third-order valence-electron chi connectivity index (χ3n) is 3.84. The summed E-state index contributed by atoms with van der Waals surface area (Å²) in [7, 11) is -4.19. The molecule has 0 bridgehead atoms. The zero-order valence-corrected chi connectivity index (χ0v) is 13.9. The number of hydrogen-bond acceptors (Lipinski definition) is 4. The van der Waals surface area contributed by atoms with Crippen molar-refractivity contribution in [3.05, 3.63) is 29.3 Å². The zero-order valence-electron chi connectivity index (χ0n) is 13.1. The summed E-state index contributed by atoms with van der Waals surface area (Å²) in [5, 5.41) is 0. The second-order valence-electron chi connectivity index (χ2n) is 5.87. The quantitative estimate of drug-likeness (QED) is 0.812.